The van der Waals surface area contributed by atoms with Crippen molar-refractivity contribution in [3.63, 3.8) is 0 Å². The number of amides is 1. The lowest BCUT2D eigenvalue weighted by Crippen LogP contribution is -2.32. The van der Waals surface area contributed by atoms with E-state index >= 15 is 0 Å². The molecule has 1 aromatic heterocycles. The highest BCUT2D eigenvalue weighted by Gasteiger charge is 2.18. The molecule has 5 rings (SSSR count). The van der Waals surface area contributed by atoms with E-state index in [0.717, 1.165) is 24.0 Å². The Bertz CT molecular complexity index is 1410. The second kappa shape index (κ2) is 10.7. The predicted octanol–water partition coefficient (Wildman–Crippen LogP) is 6.06. The first-order chi connectivity index (χ1) is 17.1. The van der Waals surface area contributed by atoms with E-state index in [1.54, 1.807) is 10.6 Å². The highest BCUT2D eigenvalue weighted by molar-refractivity contribution is 7.98. The fourth-order valence-corrected chi connectivity index (χ4v) is 5.72. The molecule has 1 amide bonds. The monoisotopic (exact) mass is 503 g/mol. The number of carbonyl (C=O) groups excluding carboxylic acids is 1. The lowest BCUT2D eigenvalue weighted by molar-refractivity contribution is 0.0938. The summed E-state index contributed by atoms with van der Waals surface area (Å²) in [5.74, 6) is 0.564. The van der Waals surface area contributed by atoms with Gasteiger partial charge in [0.15, 0.2) is 5.16 Å². The molecular weight excluding hydrogens is 478 g/mol. The van der Waals surface area contributed by atoms with Crippen LogP contribution in [-0.4, -0.2) is 21.5 Å². The van der Waals surface area contributed by atoms with Gasteiger partial charge in [-0.2, -0.15) is 0 Å². The molecule has 1 heterocycles. The lowest BCUT2D eigenvalue weighted by Gasteiger charge is -2.14. The Balaban J connectivity index is 1.41. The van der Waals surface area contributed by atoms with Crippen LogP contribution in [0.2, 0.25) is 5.02 Å². The number of thioether (sulfide) groups is 1. The summed E-state index contributed by atoms with van der Waals surface area (Å²) in [5, 5.41) is 5.04. The van der Waals surface area contributed by atoms with Crippen LogP contribution in [0.1, 0.15) is 47.2 Å². The summed E-state index contributed by atoms with van der Waals surface area (Å²) in [4.78, 5) is 30.8. The Morgan fingerprint density at radius 1 is 1.00 bits per heavy atom. The molecule has 7 heteroatoms. The molecule has 0 bridgehead atoms. The van der Waals surface area contributed by atoms with Gasteiger partial charge in [0, 0.05) is 22.4 Å². The molecule has 3 aromatic carbocycles. The van der Waals surface area contributed by atoms with Gasteiger partial charge in [0.2, 0.25) is 0 Å². The van der Waals surface area contributed by atoms with Crippen LogP contribution in [-0.2, 0) is 12.3 Å². The zero-order valence-electron chi connectivity index (χ0n) is 19.2. The first-order valence-electron chi connectivity index (χ1n) is 11.8. The van der Waals surface area contributed by atoms with Crippen molar-refractivity contribution in [3.05, 3.63) is 105 Å². The quantitative estimate of drug-likeness (QED) is 0.246. The van der Waals surface area contributed by atoms with Crippen LogP contribution in [0.15, 0.2) is 82.7 Å². The highest BCUT2D eigenvalue weighted by atomic mass is 35.5. The first kappa shape index (κ1) is 23.6. The van der Waals surface area contributed by atoms with Gasteiger partial charge in [-0.05, 0) is 54.3 Å². The van der Waals surface area contributed by atoms with E-state index in [0.29, 0.717) is 38.9 Å². The van der Waals surface area contributed by atoms with Crippen LogP contribution in [0.4, 0.5) is 0 Å². The van der Waals surface area contributed by atoms with Crippen LogP contribution in [0, 0.1) is 0 Å². The number of rotatable bonds is 7. The Kier molecular flexibility index (Phi) is 7.21. The third kappa shape index (κ3) is 5.44. The third-order valence-corrected chi connectivity index (χ3v) is 7.78. The van der Waals surface area contributed by atoms with Gasteiger partial charge in [-0.15, -0.1) is 0 Å². The van der Waals surface area contributed by atoms with Crippen molar-refractivity contribution in [1.29, 1.82) is 0 Å². The minimum Gasteiger partial charge on any atom is -0.349 e. The number of fused-ring (bicyclic) bond motifs is 1. The number of halogens is 1. The van der Waals surface area contributed by atoms with Gasteiger partial charge < -0.3 is 5.32 Å². The van der Waals surface area contributed by atoms with Crippen molar-refractivity contribution in [2.75, 3.05) is 0 Å². The van der Waals surface area contributed by atoms with Crippen molar-refractivity contribution < 1.29 is 4.79 Å². The molecule has 1 N–H and O–H groups in total. The van der Waals surface area contributed by atoms with Gasteiger partial charge in [-0.25, -0.2) is 4.98 Å². The van der Waals surface area contributed by atoms with Crippen molar-refractivity contribution in [2.24, 2.45) is 0 Å². The molecule has 0 saturated heterocycles. The van der Waals surface area contributed by atoms with E-state index in [4.69, 9.17) is 16.6 Å². The molecule has 0 unspecified atom stereocenters. The SMILES string of the molecule is O=C(NC1CCCC1)c1ccc(Cn2c(SCc3ccccc3Cl)nc3ccccc3c2=O)cc1. The minimum atomic E-state index is -0.0830. The summed E-state index contributed by atoms with van der Waals surface area (Å²) in [6, 6.07) is 22.9. The molecule has 0 radical (unpaired) electrons. The number of nitrogens with one attached hydrogen (secondary N) is 1. The van der Waals surface area contributed by atoms with Gasteiger partial charge in [0.05, 0.1) is 17.4 Å². The number of benzene rings is 3. The van der Waals surface area contributed by atoms with E-state index in [-0.39, 0.29) is 17.5 Å². The lowest BCUT2D eigenvalue weighted by atomic mass is 10.1. The third-order valence-electron chi connectivity index (χ3n) is 6.39. The molecule has 4 aromatic rings. The Hall–Kier alpha value is -3.09. The maximum absolute atomic E-state index is 13.4. The topological polar surface area (TPSA) is 64.0 Å². The maximum atomic E-state index is 13.4. The van der Waals surface area contributed by atoms with Gasteiger partial charge >= 0.3 is 0 Å². The number of aromatic nitrogens is 2. The molecule has 0 atom stereocenters. The summed E-state index contributed by atoms with van der Waals surface area (Å²) in [7, 11) is 0. The fraction of sp³-hybridized carbons (Fsp3) is 0.250. The molecular formula is C28H26ClN3O2S. The average Bonchev–Trinajstić information content (AvgIpc) is 3.39. The Morgan fingerprint density at radius 2 is 1.71 bits per heavy atom. The molecule has 5 nitrogen and oxygen atoms in total. The number of hydrogen-bond donors (Lipinski definition) is 1. The summed E-state index contributed by atoms with van der Waals surface area (Å²) in [6.45, 7) is 0.367. The van der Waals surface area contributed by atoms with Crippen molar-refractivity contribution in [3.8, 4) is 0 Å². The van der Waals surface area contributed by atoms with Crippen LogP contribution < -0.4 is 10.9 Å². The molecule has 1 aliphatic rings. The van der Waals surface area contributed by atoms with Crippen LogP contribution in [0.5, 0.6) is 0 Å². The van der Waals surface area contributed by atoms with Gasteiger partial charge in [0.1, 0.15) is 0 Å². The molecule has 1 aliphatic carbocycles. The minimum absolute atomic E-state index is 0.0380. The molecule has 0 spiro atoms. The number of carbonyl (C=O) groups is 1. The molecule has 178 valence electrons. The predicted molar refractivity (Wildman–Crippen MR) is 142 cm³/mol. The number of hydrogen-bond acceptors (Lipinski definition) is 4. The van der Waals surface area contributed by atoms with Gasteiger partial charge in [-0.3, -0.25) is 14.2 Å². The molecule has 0 aliphatic heterocycles. The standard InChI is InChI=1S/C28H26ClN3O2S/c29-24-11-5-1-7-21(24)18-35-28-31-25-12-6-4-10-23(25)27(34)32(28)17-19-13-15-20(16-14-19)26(33)30-22-8-2-3-9-22/h1,4-7,10-16,22H,2-3,8-9,17-18H2,(H,30,33). The van der Waals surface area contributed by atoms with E-state index in [9.17, 15) is 9.59 Å². The average molecular weight is 504 g/mol. The Morgan fingerprint density at radius 3 is 2.49 bits per heavy atom. The number of para-hydroxylation sites is 1. The zero-order valence-corrected chi connectivity index (χ0v) is 20.8. The van der Waals surface area contributed by atoms with E-state index in [1.807, 2.05) is 66.7 Å². The van der Waals surface area contributed by atoms with Crippen molar-refractivity contribution in [2.45, 2.75) is 49.2 Å². The van der Waals surface area contributed by atoms with E-state index in [2.05, 4.69) is 5.32 Å². The largest absolute Gasteiger partial charge is 0.349 e. The fourth-order valence-electron chi connectivity index (χ4n) is 4.44. The normalized spacial score (nSPS) is 13.9. The van der Waals surface area contributed by atoms with Crippen LogP contribution in [0.25, 0.3) is 10.9 Å². The van der Waals surface area contributed by atoms with E-state index in [1.165, 1.54) is 24.6 Å². The molecule has 35 heavy (non-hydrogen) atoms. The van der Waals surface area contributed by atoms with Gasteiger partial charge in [-0.1, -0.05) is 78.7 Å². The molecule has 1 saturated carbocycles. The smallest absolute Gasteiger partial charge is 0.262 e. The van der Waals surface area contributed by atoms with E-state index < -0.39 is 0 Å². The molecule has 1 fully saturated rings. The zero-order chi connectivity index (χ0) is 24.2. The highest BCUT2D eigenvalue weighted by Crippen LogP contribution is 2.26. The summed E-state index contributed by atoms with van der Waals surface area (Å²) in [6.07, 6.45) is 4.46. The summed E-state index contributed by atoms with van der Waals surface area (Å²) < 4.78 is 1.71. The van der Waals surface area contributed by atoms with Gasteiger partial charge in [0.25, 0.3) is 11.5 Å². The summed E-state index contributed by atoms with van der Waals surface area (Å²) >= 11 is 7.84. The Labute approximate surface area is 213 Å². The van der Waals surface area contributed by atoms with Crippen molar-refractivity contribution >= 4 is 40.2 Å². The second-order valence-corrected chi connectivity index (χ2v) is 10.2. The number of nitrogens with zero attached hydrogens (tertiary/aromatic N) is 2. The maximum Gasteiger partial charge on any atom is 0.262 e. The van der Waals surface area contributed by atoms with Crippen LogP contribution >= 0.6 is 23.4 Å². The second-order valence-electron chi connectivity index (χ2n) is 8.83. The van der Waals surface area contributed by atoms with Crippen molar-refractivity contribution in [1.82, 2.24) is 14.9 Å². The van der Waals surface area contributed by atoms with Crippen LogP contribution in [0.3, 0.4) is 0 Å². The summed E-state index contributed by atoms with van der Waals surface area (Å²) in [5.41, 5.74) is 3.15. The first-order valence-corrected chi connectivity index (χ1v) is 13.2.